The maximum Gasteiger partial charge on any atom is 0.329 e. The molecule has 0 unspecified atom stereocenters. The fourth-order valence-electron chi connectivity index (χ4n) is 11.0. The van der Waals surface area contributed by atoms with Crippen LogP contribution in [0.4, 0.5) is 0 Å². The summed E-state index contributed by atoms with van der Waals surface area (Å²) >= 11 is 0. The minimum absolute atomic E-state index is 0.0109. The molecule has 1 amide bonds. The summed E-state index contributed by atoms with van der Waals surface area (Å²) in [6.07, 6.45) is 13.7. The number of allylic oxidation sites excluding steroid dienone is 6. The fourth-order valence-corrected chi connectivity index (χ4v) is 11.0. The Kier molecular flexibility index (Phi) is 21.6. The second kappa shape index (κ2) is 26.6. The van der Waals surface area contributed by atoms with Crippen molar-refractivity contribution in [3.63, 3.8) is 0 Å². The lowest BCUT2D eigenvalue weighted by Crippen LogP contribution is -2.61. The highest BCUT2D eigenvalue weighted by molar-refractivity contribution is 6.39. The van der Waals surface area contributed by atoms with E-state index >= 15 is 0 Å². The number of carbonyl (C=O) groups excluding carboxylic acids is 5. The van der Waals surface area contributed by atoms with Crippen molar-refractivity contribution in [3.8, 4) is 0 Å². The molecule has 17 heteroatoms. The highest BCUT2D eigenvalue weighted by atomic mass is 16.6. The lowest BCUT2D eigenvalue weighted by molar-refractivity contribution is -0.265. The summed E-state index contributed by atoms with van der Waals surface area (Å²) in [5, 5.41) is 41.4. The number of fused-ring (bicyclic) bond motifs is 3. The van der Waals surface area contributed by atoms with Gasteiger partial charge in [-0.15, -0.1) is 5.10 Å². The number of cyclic esters (lactones) is 1. The number of aromatic nitrogens is 3. The minimum Gasteiger partial charge on any atom is -0.460 e. The molecule has 1 aromatic rings. The molecule has 3 fully saturated rings. The molecular weight excluding hydrogens is 913 g/mol. The second-order valence-electron chi connectivity index (χ2n) is 20.9. The van der Waals surface area contributed by atoms with E-state index < -0.39 is 77.8 Å². The van der Waals surface area contributed by atoms with E-state index in [2.05, 4.69) is 10.3 Å². The number of Topliss-reactive ketones (excluding diaryl/α,β-unsaturated/α-hetero) is 3. The van der Waals surface area contributed by atoms with E-state index in [0.717, 1.165) is 12.0 Å². The Morgan fingerprint density at radius 2 is 1.63 bits per heavy atom. The van der Waals surface area contributed by atoms with Crippen LogP contribution in [0, 0.1) is 35.5 Å². The number of amides is 1. The topological polar surface area (TPSA) is 226 Å². The van der Waals surface area contributed by atoms with Gasteiger partial charge in [-0.2, -0.15) is 0 Å². The molecule has 2 saturated heterocycles. The van der Waals surface area contributed by atoms with Crippen molar-refractivity contribution >= 4 is 29.2 Å². The van der Waals surface area contributed by atoms with Crippen LogP contribution in [0.1, 0.15) is 137 Å². The van der Waals surface area contributed by atoms with Gasteiger partial charge in [0.1, 0.15) is 35.8 Å². The van der Waals surface area contributed by atoms with Gasteiger partial charge in [-0.1, -0.05) is 76.3 Å². The Labute approximate surface area is 420 Å². The Balaban J connectivity index is 1.46. The Morgan fingerprint density at radius 1 is 0.887 bits per heavy atom. The molecular formula is C54H82N4O13. The predicted octanol–water partition coefficient (Wildman–Crippen LogP) is 6.14. The van der Waals surface area contributed by atoms with Crippen LogP contribution in [0.3, 0.4) is 0 Å². The first-order valence-corrected chi connectivity index (χ1v) is 25.8. The van der Waals surface area contributed by atoms with Crippen molar-refractivity contribution in [2.45, 2.75) is 187 Å². The molecule has 0 radical (unpaired) electrons. The van der Waals surface area contributed by atoms with Crippen LogP contribution in [0.25, 0.3) is 0 Å². The number of esters is 1. The summed E-state index contributed by atoms with van der Waals surface area (Å²) in [5.74, 6) is -8.07. The highest BCUT2D eigenvalue weighted by Gasteiger charge is 2.53. The zero-order valence-electron chi connectivity index (χ0n) is 43.7. The molecule has 0 spiro atoms. The number of aliphatic hydroxyl groups excluding tert-OH is 2. The number of hydrogen-bond donors (Lipinski definition) is 3. The van der Waals surface area contributed by atoms with Crippen molar-refractivity contribution in [2.24, 2.45) is 35.5 Å². The van der Waals surface area contributed by atoms with Crippen molar-refractivity contribution < 1.29 is 63.0 Å². The van der Waals surface area contributed by atoms with E-state index in [0.29, 0.717) is 69.1 Å². The monoisotopic (exact) mass is 995 g/mol. The van der Waals surface area contributed by atoms with E-state index in [1.807, 2.05) is 58.1 Å². The number of rotatable bonds is 8. The van der Waals surface area contributed by atoms with Gasteiger partial charge in [-0.3, -0.25) is 19.2 Å². The normalized spacial score (nSPS) is 38.0. The zero-order valence-corrected chi connectivity index (χ0v) is 43.7. The SMILES string of the molecule is CO[C@H]1C[C@@H]2CC[C@@H](C)[C@@](O)(O2)C(=O)C(=O)N2CCCC[C@H]2C(=O)O[C@H]([C@H](C)C[C@@H]2CC[C@H](n3cc(CO)nn3)[C@H](OC)C2)CC(=O)[C@H](C)/C=C(\C)[C@@H](O)[C@@H](OC)C(=O)[C@H](C)C[C@H](C)/C=C/C=C/C=C/1C. The molecule has 4 heterocycles. The summed E-state index contributed by atoms with van der Waals surface area (Å²) in [5.41, 5.74) is 1.72. The van der Waals surface area contributed by atoms with E-state index in [4.69, 9.17) is 23.7 Å². The fraction of sp³-hybridized carbons (Fsp3) is 0.722. The smallest absolute Gasteiger partial charge is 0.329 e. The number of nitrogens with zero attached hydrogens (tertiary/aromatic N) is 4. The molecule has 3 N–H and O–H groups in total. The molecule has 1 saturated carbocycles. The van der Waals surface area contributed by atoms with Gasteiger partial charge in [0.05, 0.1) is 37.2 Å². The minimum atomic E-state index is -2.44. The quantitative estimate of drug-likeness (QED) is 0.151. The van der Waals surface area contributed by atoms with Crippen LogP contribution in [0.2, 0.25) is 0 Å². The van der Waals surface area contributed by atoms with Crippen molar-refractivity contribution in [1.82, 2.24) is 19.9 Å². The molecule has 15 atom stereocenters. The van der Waals surface area contributed by atoms with Gasteiger partial charge < -0.3 is 43.9 Å². The Hall–Kier alpha value is -4.23. The Morgan fingerprint density at radius 3 is 2.31 bits per heavy atom. The van der Waals surface area contributed by atoms with Crippen LogP contribution in [0.15, 0.2) is 53.8 Å². The Bertz CT molecular complexity index is 2100. The first-order chi connectivity index (χ1) is 33.8. The molecule has 0 aromatic carbocycles. The predicted molar refractivity (Wildman–Crippen MR) is 264 cm³/mol. The molecule has 4 aliphatic rings. The number of hydrogen-bond acceptors (Lipinski definition) is 15. The number of methoxy groups -OCH3 is 3. The largest absolute Gasteiger partial charge is 0.460 e. The molecule has 17 nitrogen and oxygen atoms in total. The first-order valence-electron chi connectivity index (χ1n) is 25.8. The van der Waals surface area contributed by atoms with Gasteiger partial charge in [0.25, 0.3) is 11.7 Å². The highest BCUT2D eigenvalue weighted by Crippen LogP contribution is 2.40. The van der Waals surface area contributed by atoms with Gasteiger partial charge >= 0.3 is 5.97 Å². The average molecular weight is 995 g/mol. The average Bonchev–Trinajstić information content (AvgIpc) is 3.84. The molecule has 3 aliphatic heterocycles. The molecule has 1 aromatic heterocycles. The number of carbonyl (C=O) groups is 5. The maximum atomic E-state index is 14.5. The van der Waals surface area contributed by atoms with Crippen LogP contribution >= 0.6 is 0 Å². The van der Waals surface area contributed by atoms with Crippen LogP contribution in [-0.4, -0.2) is 141 Å². The number of aliphatic hydroxyl groups is 3. The van der Waals surface area contributed by atoms with E-state index in [1.165, 1.54) is 12.0 Å². The van der Waals surface area contributed by atoms with Gasteiger partial charge in [-0.05, 0) is 107 Å². The lowest BCUT2D eigenvalue weighted by atomic mass is 9.77. The molecule has 71 heavy (non-hydrogen) atoms. The van der Waals surface area contributed by atoms with E-state index in [1.54, 1.807) is 51.9 Å². The third kappa shape index (κ3) is 14.7. The zero-order chi connectivity index (χ0) is 52.2. The summed E-state index contributed by atoms with van der Waals surface area (Å²) < 4.78 is 31.7. The summed E-state index contributed by atoms with van der Waals surface area (Å²) in [7, 11) is 4.60. The maximum absolute atomic E-state index is 14.5. The number of ether oxygens (including phenoxy) is 5. The van der Waals surface area contributed by atoms with Gasteiger partial charge in [0.15, 0.2) is 5.78 Å². The van der Waals surface area contributed by atoms with Crippen LogP contribution in [-0.2, 0) is 54.3 Å². The second-order valence-corrected chi connectivity index (χ2v) is 20.9. The summed E-state index contributed by atoms with van der Waals surface area (Å²) in [6.45, 7) is 12.5. The summed E-state index contributed by atoms with van der Waals surface area (Å²) in [4.78, 5) is 72.5. The van der Waals surface area contributed by atoms with Gasteiger partial charge in [-0.25, -0.2) is 9.48 Å². The van der Waals surface area contributed by atoms with E-state index in [-0.39, 0.29) is 67.5 Å². The molecule has 1 aliphatic carbocycles. The molecule has 396 valence electrons. The van der Waals surface area contributed by atoms with Gasteiger partial charge in [0, 0.05) is 58.5 Å². The third-order valence-corrected chi connectivity index (χ3v) is 15.5. The van der Waals surface area contributed by atoms with Crippen molar-refractivity contribution in [3.05, 3.63) is 59.5 Å². The van der Waals surface area contributed by atoms with E-state index in [9.17, 15) is 39.3 Å². The van der Waals surface area contributed by atoms with Crippen LogP contribution in [0.5, 0.6) is 0 Å². The van der Waals surface area contributed by atoms with Crippen molar-refractivity contribution in [1.29, 1.82) is 0 Å². The summed E-state index contributed by atoms with van der Waals surface area (Å²) in [6, 6.07) is -1.26. The molecule has 2 bridgehead atoms. The first kappa shape index (κ1) is 57.7. The lowest BCUT2D eigenvalue weighted by Gasteiger charge is -2.42. The van der Waals surface area contributed by atoms with Crippen LogP contribution < -0.4 is 0 Å². The molecule has 5 rings (SSSR count). The number of ketones is 3. The standard InChI is InChI=1S/C54H82N4O13/c1-32-16-12-11-13-17-33(2)45(67-8)28-41-21-19-38(7)54(66,71-41)51(63)52(64)57-23-15-14-18-43(57)53(65)70-46(29-44(60)34(3)25-37(6)49(62)50(69-10)48(61)36(5)24-32)35(4)26-39-20-22-42(47(27-39)68-9)58-30-40(31-59)55-56-58/h11-13,16-17,25,30,32,34-36,38-39,41-43,45-47,49-50,59,62,66H,14-15,18-24,26-29,31H2,1-10H3/b13-11+,16-12+,33-17+,37-25+/t32-,34-,35-,36-,38-,39+,41+,42+,43+,45+,46+,47-,49-,50+,54-/m1/s1. The van der Waals surface area contributed by atoms with Crippen molar-refractivity contribution in [2.75, 3.05) is 27.9 Å². The third-order valence-electron chi connectivity index (χ3n) is 15.5. The van der Waals surface area contributed by atoms with Gasteiger partial charge in [0.2, 0.25) is 5.79 Å². The number of piperidine rings is 1.